The van der Waals surface area contributed by atoms with Crippen molar-refractivity contribution in [2.75, 3.05) is 18.8 Å². The van der Waals surface area contributed by atoms with Crippen LogP contribution in [0.1, 0.15) is 33.2 Å². The molecule has 1 aliphatic heterocycles. The molecule has 2 atom stereocenters. The van der Waals surface area contributed by atoms with E-state index in [1.54, 1.807) is 11.2 Å². The van der Waals surface area contributed by atoms with Crippen LogP contribution in [0.4, 0.5) is 0 Å². The number of carbonyl (C=O) groups is 1. The SMILES string of the molecule is CC1CCN(C(=O)CSc2nncn2C(C)C)CC1O. The molecule has 0 saturated carbocycles. The average molecular weight is 298 g/mol. The van der Waals surface area contributed by atoms with Gasteiger partial charge in [0, 0.05) is 19.1 Å². The lowest BCUT2D eigenvalue weighted by atomic mass is 9.96. The highest BCUT2D eigenvalue weighted by molar-refractivity contribution is 7.99. The van der Waals surface area contributed by atoms with Gasteiger partial charge >= 0.3 is 0 Å². The molecule has 2 heterocycles. The molecule has 1 N–H and O–H groups in total. The van der Waals surface area contributed by atoms with E-state index in [0.717, 1.165) is 18.1 Å². The summed E-state index contributed by atoms with van der Waals surface area (Å²) in [5, 5.41) is 18.5. The van der Waals surface area contributed by atoms with Crippen LogP contribution in [0.3, 0.4) is 0 Å². The van der Waals surface area contributed by atoms with Crippen LogP contribution in [0.25, 0.3) is 0 Å². The van der Waals surface area contributed by atoms with Gasteiger partial charge in [-0.1, -0.05) is 18.7 Å². The Hall–Kier alpha value is -1.08. The van der Waals surface area contributed by atoms with Crippen LogP contribution < -0.4 is 0 Å². The van der Waals surface area contributed by atoms with E-state index in [0.29, 0.717) is 12.3 Å². The molecule has 0 bridgehead atoms. The molecule has 6 nitrogen and oxygen atoms in total. The summed E-state index contributed by atoms with van der Waals surface area (Å²) in [6, 6.07) is 0.278. The summed E-state index contributed by atoms with van der Waals surface area (Å²) in [7, 11) is 0. The Kier molecular flexibility index (Phi) is 5.04. The molecule has 112 valence electrons. The minimum absolute atomic E-state index is 0.0549. The number of piperidine rings is 1. The highest BCUT2D eigenvalue weighted by atomic mass is 32.2. The maximum Gasteiger partial charge on any atom is 0.233 e. The van der Waals surface area contributed by atoms with Crippen LogP contribution in [-0.2, 0) is 4.79 Å². The number of hydrogen-bond donors (Lipinski definition) is 1. The molecule has 20 heavy (non-hydrogen) atoms. The number of aliphatic hydroxyl groups is 1. The molecule has 2 rings (SSSR count). The topological polar surface area (TPSA) is 71.2 Å². The Morgan fingerprint density at radius 1 is 1.60 bits per heavy atom. The fourth-order valence-corrected chi connectivity index (χ4v) is 3.13. The van der Waals surface area contributed by atoms with Crippen molar-refractivity contribution in [2.24, 2.45) is 5.92 Å². The lowest BCUT2D eigenvalue weighted by Crippen LogP contribution is -2.46. The van der Waals surface area contributed by atoms with E-state index >= 15 is 0 Å². The second-order valence-corrected chi connectivity index (χ2v) is 6.52. The number of aromatic nitrogens is 3. The fraction of sp³-hybridized carbons (Fsp3) is 0.769. The van der Waals surface area contributed by atoms with E-state index in [1.165, 1.54) is 11.8 Å². The predicted molar refractivity (Wildman–Crippen MR) is 77.5 cm³/mol. The molecule has 0 aliphatic carbocycles. The predicted octanol–water partition coefficient (Wildman–Crippen LogP) is 1.18. The van der Waals surface area contributed by atoms with Crippen LogP contribution in [0.5, 0.6) is 0 Å². The Labute approximate surface area is 123 Å². The van der Waals surface area contributed by atoms with E-state index in [4.69, 9.17) is 0 Å². The van der Waals surface area contributed by atoms with Gasteiger partial charge in [-0.2, -0.15) is 0 Å². The molecule has 1 aromatic heterocycles. The summed E-state index contributed by atoms with van der Waals surface area (Å²) in [4.78, 5) is 13.9. The summed E-state index contributed by atoms with van der Waals surface area (Å²) < 4.78 is 1.95. The molecular weight excluding hydrogens is 276 g/mol. The van der Waals surface area contributed by atoms with Gasteiger partial charge in [0.2, 0.25) is 5.91 Å². The van der Waals surface area contributed by atoms with Gasteiger partial charge in [-0.15, -0.1) is 10.2 Å². The second kappa shape index (κ2) is 6.58. The molecule has 0 spiro atoms. The number of carbonyl (C=O) groups excluding carboxylic acids is 1. The second-order valence-electron chi connectivity index (χ2n) is 5.58. The first-order valence-corrected chi connectivity index (χ1v) is 7.95. The molecule has 1 fully saturated rings. The maximum absolute atomic E-state index is 12.2. The summed E-state index contributed by atoms with van der Waals surface area (Å²) in [5.41, 5.74) is 0. The smallest absolute Gasteiger partial charge is 0.233 e. The largest absolute Gasteiger partial charge is 0.391 e. The highest BCUT2D eigenvalue weighted by Gasteiger charge is 2.27. The van der Waals surface area contributed by atoms with Gasteiger partial charge in [0.1, 0.15) is 6.33 Å². The fourth-order valence-electron chi connectivity index (χ4n) is 2.18. The van der Waals surface area contributed by atoms with E-state index < -0.39 is 6.10 Å². The zero-order chi connectivity index (χ0) is 14.7. The quantitative estimate of drug-likeness (QED) is 0.845. The van der Waals surface area contributed by atoms with Gasteiger partial charge in [0.25, 0.3) is 0 Å². The molecule has 2 unspecified atom stereocenters. The average Bonchev–Trinajstić information content (AvgIpc) is 2.87. The zero-order valence-corrected chi connectivity index (χ0v) is 13.0. The van der Waals surface area contributed by atoms with Gasteiger partial charge in [-0.3, -0.25) is 4.79 Å². The summed E-state index contributed by atoms with van der Waals surface area (Å²) in [6.45, 7) is 7.30. The Morgan fingerprint density at radius 2 is 2.35 bits per heavy atom. The summed E-state index contributed by atoms with van der Waals surface area (Å²) >= 11 is 1.40. The van der Waals surface area contributed by atoms with Crippen molar-refractivity contribution in [1.82, 2.24) is 19.7 Å². The molecule has 0 aromatic carbocycles. The molecule has 1 aromatic rings. The van der Waals surface area contributed by atoms with Crippen molar-refractivity contribution >= 4 is 17.7 Å². The third kappa shape index (κ3) is 3.52. The number of amides is 1. The van der Waals surface area contributed by atoms with Gasteiger partial charge in [-0.25, -0.2) is 0 Å². The number of β-amino-alcohol motifs (C(OH)–C–C–N with tert-alkyl or cyclic N) is 1. The van der Waals surface area contributed by atoms with Crippen molar-refractivity contribution in [1.29, 1.82) is 0 Å². The number of nitrogens with zero attached hydrogens (tertiary/aromatic N) is 4. The first-order chi connectivity index (χ1) is 9.49. The Morgan fingerprint density at radius 3 is 3.00 bits per heavy atom. The number of rotatable bonds is 4. The van der Waals surface area contributed by atoms with Gasteiger partial charge < -0.3 is 14.6 Å². The van der Waals surface area contributed by atoms with E-state index in [2.05, 4.69) is 24.0 Å². The van der Waals surface area contributed by atoms with Gasteiger partial charge in [0.15, 0.2) is 5.16 Å². The van der Waals surface area contributed by atoms with Crippen molar-refractivity contribution in [3.05, 3.63) is 6.33 Å². The maximum atomic E-state index is 12.2. The van der Waals surface area contributed by atoms with Crippen molar-refractivity contribution < 1.29 is 9.90 Å². The standard InChI is InChI=1S/C13H22N4O2S/c1-9(2)17-8-14-15-13(17)20-7-12(19)16-5-4-10(3)11(18)6-16/h8-11,18H,4-7H2,1-3H3. The van der Waals surface area contributed by atoms with Crippen molar-refractivity contribution in [3.8, 4) is 0 Å². The van der Waals surface area contributed by atoms with E-state index in [9.17, 15) is 9.90 Å². The molecule has 1 saturated heterocycles. The number of aliphatic hydroxyl groups excluding tert-OH is 1. The Bertz CT molecular complexity index is 463. The van der Waals surface area contributed by atoms with Crippen LogP contribution >= 0.6 is 11.8 Å². The van der Waals surface area contributed by atoms with Gasteiger partial charge in [-0.05, 0) is 26.2 Å². The minimum Gasteiger partial charge on any atom is -0.391 e. The van der Waals surface area contributed by atoms with Gasteiger partial charge in [0.05, 0.1) is 11.9 Å². The monoisotopic (exact) mass is 298 g/mol. The van der Waals surface area contributed by atoms with E-state index in [-0.39, 0.29) is 17.9 Å². The van der Waals surface area contributed by atoms with Crippen molar-refractivity contribution in [2.45, 2.75) is 44.5 Å². The third-order valence-corrected chi connectivity index (χ3v) is 4.63. The molecular formula is C13H22N4O2S. The molecule has 7 heteroatoms. The normalized spacial score (nSPS) is 23.4. The molecule has 1 amide bonds. The van der Waals surface area contributed by atoms with Crippen LogP contribution in [0.2, 0.25) is 0 Å². The zero-order valence-electron chi connectivity index (χ0n) is 12.2. The van der Waals surface area contributed by atoms with Crippen LogP contribution in [0, 0.1) is 5.92 Å². The summed E-state index contributed by atoms with van der Waals surface area (Å²) in [6.07, 6.45) is 2.14. The lowest BCUT2D eigenvalue weighted by Gasteiger charge is -2.34. The molecule has 0 radical (unpaired) electrons. The van der Waals surface area contributed by atoms with Crippen LogP contribution in [0.15, 0.2) is 11.5 Å². The number of hydrogen-bond acceptors (Lipinski definition) is 5. The summed E-state index contributed by atoms with van der Waals surface area (Å²) in [5.74, 6) is 0.668. The highest BCUT2D eigenvalue weighted by Crippen LogP contribution is 2.21. The number of thioether (sulfide) groups is 1. The molecule has 1 aliphatic rings. The lowest BCUT2D eigenvalue weighted by molar-refractivity contribution is -0.132. The Balaban J connectivity index is 1.87. The first-order valence-electron chi connectivity index (χ1n) is 6.97. The third-order valence-electron chi connectivity index (χ3n) is 3.69. The van der Waals surface area contributed by atoms with Crippen molar-refractivity contribution in [3.63, 3.8) is 0 Å². The minimum atomic E-state index is -0.406. The van der Waals surface area contributed by atoms with Crippen LogP contribution in [-0.4, -0.2) is 55.6 Å². The first kappa shape index (κ1) is 15.3. The van der Waals surface area contributed by atoms with E-state index in [1.807, 2.05) is 11.5 Å². The number of likely N-dealkylation sites (tertiary alicyclic amines) is 1.